The minimum Gasteiger partial charge on any atom is -0.497 e. The lowest BCUT2D eigenvalue weighted by Crippen LogP contribution is -2.28. The first kappa shape index (κ1) is 24.4. The van der Waals surface area contributed by atoms with Crippen LogP contribution in [0.5, 0.6) is 11.5 Å². The summed E-state index contributed by atoms with van der Waals surface area (Å²) in [6, 6.07) is 20.7. The van der Waals surface area contributed by atoms with E-state index in [4.69, 9.17) is 21.1 Å². The Kier molecular flexibility index (Phi) is 7.98. The smallest absolute Gasteiger partial charge is 0.266 e. The van der Waals surface area contributed by atoms with Gasteiger partial charge in [0.25, 0.3) is 5.91 Å². The highest BCUT2D eigenvalue weighted by atomic mass is 79.9. The van der Waals surface area contributed by atoms with Gasteiger partial charge in [0.15, 0.2) is 5.17 Å². The number of benzene rings is 3. The van der Waals surface area contributed by atoms with Crippen molar-refractivity contribution < 1.29 is 14.3 Å². The summed E-state index contributed by atoms with van der Waals surface area (Å²) in [4.78, 5) is 19.9. The molecule has 1 heterocycles. The number of nitrogens with zero attached hydrogens (tertiary/aromatic N) is 2. The molecule has 0 aliphatic carbocycles. The Morgan fingerprint density at radius 2 is 1.88 bits per heavy atom. The maximum atomic E-state index is 13.0. The van der Waals surface area contributed by atoms with Gasteiger partial charge < -0.3 is 9.47 Å². The molecule has 174 valence electrons. The molecule has 0 spiro atoms. The summed E-state index contributed by atoms with van der Waals surface area (Å²) >= 11 is 11.2. The topological polar surface area (TPSA) is 51.1 Å². The van der Waals surface area contributed by atoms with E-state index in [0.717, 1.165) is 27.0 Å². The Balaban J connectivity index is 1.51. The number of rotatable bonds is 7. The molecular weight excluding hydrogens is 536 g/mol. The molecule has 0 saturated carbocycles. The molecule has 3 aromatic carbocycles. The van der Waals surface area contributed by atoms with Crippen LogP contribution in [0.15, 0.2) is 81.1 Å². The molecule has 0 bridgehead atoms. The number of carbonyl (C=O) groups excluding carboxylic acids is 1. The van der Waals surface area contributed by atoms with Crippen molar-refractivity contribution in [1.29, 1.82) is 0 Å². The molecule has 4 rings (SSSR count). The summed E-state index contributed by atoms with van der Waals surface area (Å²) in [5.74, 6) is 1.40. The predicted molar refractivity (Wildman–Crippen MR) is 143 cm³/mol. The largest absolute Gasteiger partial charge is 0.497 e. The predicted octanol–water partition coefficient (Wildman–Crippen LogP) is 7.31. The molecule has 1 fully saturated rings. The van der Waals surface area contributed by atoms with E-state index in [1.165, 1.54) is 11.8 Å². The van der Waals surface area contributed by atoms with Gasteiger partial charge in [-0.05, 0) is 88.7 Å². The normalized spacial score (nSPS) is 15.9. The molecule has 1 aliphatic heterocycles. The van der Waals surface area contributed by atoms with Crippen molar-refractivity contribution in [1.82, 2.24) is 4.90 Å². The highest BCUT2D eigenvalue weighted by molar-refractivity contribution is 9.10. The van der Waals surface area contributed by atoms with E-state index in [1.54, 1.807) is 12.0 Å². The molecule has 1 amide bonds. The summed E-state index contributed by atoms with van der Waals surface area (Å²) in [7, 11) is 1.62. The number of amides is 1. The summed E-state index contributed by atoms with van der Waals surface area (Å²) in [5.41, 5.74) is 2.56. The van der Waals surface area contributed by atoms with Crippen molar-refractivity contribution in [2.75, 3.05) is 13.7 Å². The number of hydrogen-bond acceptors (Lipinski definition) is 5. The third kappa shape index (κ3) is 5.66. The van der Waals surface area contributed by atoms with Crippen molar-refractivity contribution in [3.63, 3.8) is 0 Å². The molecule has 0 unspecified atom stereocenters. The molecule has 1 saturated heterocycles. The molecule has 3 aromatic rings. The van der Waals surface area contributed by atoms with Gasteiger partial charge in [0, 0.05) is 17.1 Å². The number of thioether (sulfide) groups is 1. The van der Waals surface area contributed by atoms with Crippen molar-refractivity contribution in [2.24, 2.45) is 4.99 Å². The number of ether oxygens (including phenoxy) is 2. The van der Waals surface area contributed by atoms with Gasteiger partial charge in [-0.15, -0.1) is 0 Å². The second-order valence-electron chi connectivity index (χ2n) is 7.32. The van der Waals surface area contributed by atoms with Crippen LogP contribution >= 0.6 is 39.3 Å². The molecule has 0 aromatic heterocycles. The summed E-state index contributed by atoms with van der Waals surface area (Å²) in [6.45, 7) is 2.84. The van der Waals surface area contributed by atoms with Crippen LogP contribution in [0.1, 0.15) is 18.1 Å². The second-order valence-corrected chi connectivity index (χ2v) is 9.59. The number of carbonyl (C=O) groups is 1. The van der Waals surface area contributed by atoms with Crippen molar-refractivity contribution in [3.05, 3.63) is 92.3 Å². The van der Waals surface area contributed by atoms with Gasteiger partial charge in [-0.25, -0.2) is 4.99 Å². The van der Waals surface area contributed by atoms with Crippen LogP contribution in [-0.4, -0.2) is 29.6 Å². The zero-order chi connectivity index (χ0) is 24.1. The van der Waals surface area contributed by atoms with Gasteiger partial charge in [0.2, 0.25) is 0 Å². The van der Waals surface area contributed by atoms with E-state index in [2.05, 4.69) is 20.9 Å². The van der Waals surface area contributed by atoms with Gasteiger partial charge in [-0.3, -0.25) is 9.69 Å². The van der Waals surface area contributed by atoms with Crippen molar-refractivity contribution in [3.8, 4) is 11.5 Å². The maximum absolute atomic E-state index is 13.0. The fourth-order valence-electron chi connectivity index (χ4n) is 3.28. The highest BCUT2D eigenvalue weighted by Crippen LogP contribution is 2.35. The van der Waals surface area contributed by atoms with E-state index in [1.807, 2.05) is 79.7 Å². The molecule has 0 atom stereocenters. The fraction of sp³-hybridized carbons (Fsp3) is 0.154. The van der Waals surface area contributed by atoms with Crippen LogP contribution in [-0.2, 0) is 11.4 Å². The van der Waals surface area contributed by atoms with Gasteiger partial charge in [-0.2, -0.15) is 0 Å². The average Bonchev–Trinajstić information content (AvgIpc) is 3.13. The van der Waals surface area contributed by atoms with Crippen LogP contribution in [0.2, 0.25) is 5.02 Å². The first-order valence-electron chi connectivity index (χ1n) is 10.6. The van der Waals surface area contributed by atoms with Gasteiger partial charge >= 0.3 is 0 Å². The number of hydrogen-bond donors (Lipinski definition) is 0. The van der Waals surface area contributed by atoms with Crippen LogP contribution < -0.4 is 9.47 Å². The Hall–Kier alpha value is -2.74. The van der Waals surface area contributed by atoms with E-state index in [-0.39, 0.29) is 5.91 Å². The molecule has 5 nitrogen and oxygen atoms in total. The molecule has 0 radical (unpaired) electrons. The monoisotopic (exact) mass is 556 g/mol. The number of halogens is 2. The zero-order valence-electron chi connectivity index (χ0n) is 18.6. The Morgan fingerprint density at radius 3 is 2.56 bits per heavy atom. The van der Waals surface area contributed by atoms with E-state index in [0.29, 0.717) is 34.0 Å². The standard InChI is InChI=1S/C26H22BrClN2O3S/c1-3-30-25(31)24(34-26(30)29-19-9-11-20(32-2)12-10-19)15-17-8-13-23(21(27)14-17)33-16-18-6-4-5-7-22(18)28/h4-15H,3,16H2,1-2H3/b24-15+,29-26?. The Bertz CT molecular complexity index is 1260. The SMILES string of the molecule is CCN1C(=O)/C(=C\c2ccc(OCc3ccccc3Cl)c(Br)c2)SC1=Nc1ccc(OC)cc1. The number of methoxy groups -OCH3 is 1. The number of amidine groups is 1. The van der Waals surface area contributed by atoms with Crippen molar-refractivity contribution >= 4 is 62.1 Å². The minimum absolute atomic E-state index is 0.0602. The first-order chi connectivity index (χ1) is 16.5. The van der Waals surface area contributed by atoms with Gasteiger partial charge in [-0.1, -0.05) is 35.9 Å². The van der Waals surface area contributed by atoms with Crippen LogP contribution in [0.25, 0.3) is 6.08 Å². The zero-order valence-corrected chi connectivity index (χ0v) is 21.8. The molecule has 1 aliphatic rings. The molecule has 8 heteroatoms. The van der Waals surface area contributed by atoms with E-state index < -0.39 is 0 Å². The fourth-order valence-corrected chi connectivity index (χ4v) is 5.05. The highest BCUT2D eigenvalue weighted by Gasteiger charge is 2.32. The third-order valence-corrected chi connectivity index (χ3v) is 7.09. The van der Waals surface area contributed by atoms with E-state index >= 15 is 0 Å². The third-order valence-electron chi connectivity index (χ3n) is 5.10. The van der Waals surface area contributed by atoms with Crippen LogP contribution in [0.4, 0.5) is 5.69 Å². The summed E-state index contributed by atoms with van der Waals surface area (Å²) in [5, 5.41) is 1.33. The van der Waals surface area contributed by atoms with Crippen molar-refractivity contribution in [2.45, 2.75) is 13.5 Å². The average molecular weight is 558 g/mol. The van der Waals surface area contributed by atoms with E-state index in [9.17, 15) is 4.79 Å². The van der Waals surface area contributed by atoms with Crippen LogP contribution in [0.3, 0.4) is 0 Å². The lowest BCUT2D eigenvalue weighted by molar-refractivity contribution is -0.122. The molecule has 34 heavy (non-hydrogen) atoms. The van der Waals surface area contributed by atoms with Crippen LogP contribution in [0, 0.1) is 0 Å². The lowest BCUT2D eigenvalue weighted by atomic mass is 10.2. The van der Waals surface area contributed by atoms with Gasteiger partial charge in [0.1, 0.15) is 18.1 Å². The number of likely N-dealkylation sites (N-methyl/N-ethyl adjacent to an activating group) is 1. The lowest BCUT2D eigenvalue weighted by Gasteiger charge is -2.12. The second kappa shape index (κ2) is 11.1. The summed E-state index contributed by atoms with van der Waals surface area (Å²) in [6.07, 6.45) is 1.87. The number of aliphatic imine (C=N–C) groups is 1. The Labute approximate surface area is 216 Å². The molecule has 0 N–H and O–H groups in total. The first-order valence-corrected chi connectivity index (χ1v) is 12.6. The van der Waals surface area contributed by atoms with Gasteiger partial charge in [0.05, 0.1) is 22.2 Å². The quantitative estimate of drug-likeness (QED) is 0.286. The summed E-state index contributed by atoms with van der Waals surface area (Å²) < 4.78 is 11.9. The maximum Gasteiger partial charge on any atom is 0.266 e. The Morgan fingerprint density at radius 1 is 1.12 bits per heavy atom. The molecular formula is C26H22BrClN2O3S. The minimum atomic E-state index is -0.0602.